The Hall–Kier alpha value is -5.95. The Kier molecular flexibility index (Phi) is 16.6. The first-order valence-corrected chi connectivity index (χ1v) is 21.5. The number of methoxy groups -OCH3 is 1. The van der Waals surface area contributed by atoms with Gasteiger partial charge in [0.1, 0.15) is 23.7 Å². The Balaban J connectivity index is 1.46. The van der Waals surface area contributed by atoms with Gasteiger partial charge in [-0.3, -0.25) is 24.4 Å². The minimum Gasteiger partial charge on any atom is -0.496 e. The van der Waals surface area contributed by atoms with Gasteiger partial charge in [0, 0.05) is 36.9 Å². The van der Waals surface area contributed by atoms with Crippen molar-refractivity contribution in [1.82, 2.24) is 36.0 Å². The molecule has 0 aliphatic carbocycles. The number of benzene rings is 2. The lowest BCUT2D eigenvalue weighted by molar-refractivity contribution is -0.131. The molecular weight excluding hydrogens is 814 g/mol. The van der Waals surface area contributed by atoms with E-state index in [9.17, 15) is 32.0 Å². The summed E-state index contributed by atoms with van der Waals surface area (Å²) in [6.07, 6.45) is 4.89. The van der Waals surface area contributed by atoms with Crippen molar-refractivity contribution in [3.63, 3.8) is 0 Å². The number of hydrogen-bond donors (Lipinski definition) is 6. The molecule has 0 aliphatic heterocycles. The van der Waals surface area contributed by atoms with Crippen LogP contribution in [0.3, 0.4) is 0 Å². The van der Waals surface area contributed by atoms with Crippen LogP contribution in [0.4, 0.5) is 9.18 Å². The van der Waals surface area contributed by atoms with Gasteiger partial charge in [-0.2, -0.15) is 0 Å². The van der Waals surface area contributed by atoms with E-state index in [1.807, 2.05) is 0 Å². The summed E-state index contributed by atoms with van der Waals surface area (Å²) in [6, 6.07) is 6.11. The van der Waals surface area contributed by atoms with Gasteiger partial charge in [0.25, 0.3) is 10.0 Å². The van der Waals surface area contributed by atoms with Gasteiger partial charge in [0.05, 0.1) is 24.1 Å². The number of halogens is 1. The van der Waals surface area contributed by atoms with E-state index in [2.05, 4.69) is 40.9 Å². The number of aryl methyl sites for hydroxylation is 1. The molecule has 2 aromatic heterocycles. The van der Waals surface area contributed by atoms with Crippen LogP contribution < -0.4 is 36.5 Å². The SMILES string of the molecule is COc1cc(C)c(S(=O)(=O)NC(N)=NCCC[C@H](NC(=O)[C@@H](NC(=O)[C@H](Cc2cccnc2)NC(=O)N[C@@H](C)c2ccc(F)cc2)C(C)C)C(=O)c2nccs2)c(C)c1C. The smallest absolute Gasteiger partial charge is 0.315 e. The monoisotopic (exact) mass is 865 g/mol. The summed E-state index contributed by atoms with van der Waals surface area (Å²) in [5, 5.41) is 12.8. The second kappa shape index (κ2) is 21.3. The normalized spacial score (nSPS) is 13.7. The van der Waals surface area contributed by atoms with E-state index >= 15 is 0 Å². The molecule has 0 saturated heterocycles. The molecule has 0 fully saturated rings. The first-order chi connectivity index (χ1) is 28.4. The third kappa shape index (κ3) is 12.8. The maximum atomic E-state index is 13.9. The molecule has 4 rings (SSSR count). The van der Waals surface area contributed by atoms with Gasteiger partial charge in [-0.05, 0) is 98.5 Å². The molecule has 0 radical (unpaired) electrons. The van der Waals surface area contributed by atoms with E-state index in [1.165, 1.54) is 25.4 Å². The third-order valence-corrected chi connectivity index (χ3v) is 12.1. The van der Waals surface area contributed by atoms with E-state index in [0.717, 1.165) is 11.3 Å². The lowest BCUT2D eigenvalue weighted by Crippen LogP contribution is -2.58. The van der Waals surface area contributed by atoms with Crippen LogP contribution in [0.15, 0.2) is 76.3 Å². The van der Waals surface area contributed by atoms with Gasteiger partial charge in [-0.1, -0.05) is 32.0 Å². The Morgan fingerprint density at radius 3 is 2.27 bits per heavy atom. The fourth-order valence-electron chi connectivity index (χ4n) is 6.37. The van der Waals surface area contributed by atoms with Crippen molar-refractivity contribution in [2.45, 2.75) is 89.9 Å². The summed E-state index contributed by atoms with van der Waals surface area (Å²) < 4.78 is 47.8. The van der Waals surface area contributed by atoms with Gasteiger partial charge in [-0.25, -0.2) is 27.3 Å². The number of amides is 4. The van der Waals surface area contributed by atoms with Crippen LogP contribution in [0.25, 0.3) is 0 Å². The average molecular weight is 866 g/mol. The van der Waals surface area contributed by atoms with Crippen LogP contribution in [-0.2, 0) is 26.0 Å². The number of carbonyl (C=O) groups excluding carboxylic acids is 4. The molecule has 2 aromatic carbocycles. The Morgan fingerprint density at radius 2 is 1.65 bits per heavy atom. The van der Waals surface area contributed by atoms with E-state index in [0.29, 0.717) is 33.6 Å². The molecule has 0 unspecified atom stereocenters. The molecule has 4 amide bonds. The largest absolute Gasteiger partial charge is 0.496 e. The summed E-state index contributed by atoms with van der Waals surface area (Å²) in [7, 11) is -2.61. The van der Waals surface area contributed by atoms with Crippen molar-refractivity contribution in [3.05, 3.63) is 105 Å². The summed E-state index contributed by atoms with van der Waals surface area (Å²) >= 11 is 1.10. The number of rotatable bonds is 19. The molecule has 2 heterocycles. The van der Waals surface area contributed by atoms with Gasteiger partial charge < -0.3 is 31.7 Å². The first-order valence-electron chi connectivity index (χ1n) is 19.1. The van der Waals surface area contributed by atoms with Crippen molar-refractivity contribution in [3.8, 4) is 5.75 Å². The zero-order chi connectivity index (χ0) is 44.1. The number of aliphatic imine (C=N–C) groups is 1. The highest BCUT2D eigenvalue weighted by Crippen LogP contribution is 2.30. The number of ketones is 1. The zero-order valence-electron chi connectivity index (χ0n) is 34.5. The molecule has 322 valence electrons. The van der Waals surface area contributed by atoms with Crippen molar-refractivity contribution in [1.29, 1.82) is 0 Å². The summed E-state index contributed by atoms with van der Waals surface area (Å²) in [5.41, 5.74) is 8.91. The molecule has 16 nitrogen and oxygen atoms in total. The first kappa shape index (κ1) is 46.7. The van der Waals surface area contributed by atoms with E-state index < -0.39 is 69.6 Å². The number of nitrogens with one attached hydrogen (secondary N) is 5. The number of thiazole rings is 1. The van der Waals surface area contributed by atoms with Crippen LogP contribution in [0, 0.1) is 32.5 Å². The molecule has 4 atom stereocenters. The average Bonchev–Trinajstić information content (AvgIpc) is 3.74. The maximum Gasteiger partial charge on any atom is 0.315 e. The number of ether oxygens (including phenoxy) is 1. The van der Waals surface area contributed by atoms with Gasteiger partial charge in [0.15, 0.2) is 5.01 Å². The third-order valence-electron chi connectivity index (χ3n) is 9.66. The second-order valence-corrected chi connectivity index (χ2v) is 17.0. The van der Waals surface area contributed by atoms with E-state index in [-0.39, 0.29) is 41.7 Å². The van der Waals surface area contributed by atoms with E-state index in [4.69, 9.17) is 10.5 Å². The van der Waals surface area contributed by atoms with Crippen LogP contribution in [0.5, 0.6) is 5.75 Å². The quantitative estimate of drug-likeness (QED) is 0.0341. The molecule has 0 bridgehead atoms. The topological polar surface area (TPSA) is 236 Å². The molecule has 0 saturated carbocycles. The Bertz CT molecular complexity index is 2260. The molecule has 19 heteroatoms. The molecular formula is C41H52FN9O7S2. The predicted octanol–water partition coefficient (Wildman–Crippen LogP) is 4.16. The molecule has 4 aromatic rings. The van der Waals surface area contributed by atoms with Gasteiger partial charge in [0.2, 0.25) is 23.6 Å². The van der Waals surface area contributed by atoms with Crippen LogP contribution >= 0.6 is 11.3 Å². The predicted molar refractivity (Wildman–Crippen MR) is 227 cm³/mol. The Labute approximate surface area is 353 Å². The summed E-state index contributed by atoms with van der Waals surface area (Å²) in [6.45, 7) is 10.2. The standard InChI is InChI=1S/C41H52FN9O7S2/c1-23(2)34(50-37(53)32(21-28-10-8-16-44-22-28)49-41(55)47-27(6)29-12-14-30(42)15-13-29)38(54)48-31(35(52)39-45-18-19-59-39)11-9-17-46-40(43)51-60(56,57)36-24(3)20-33(58-7)25(4)26(36)5/h8,10,12-16,18-20,22-23,27,31-32,34H,9,11,17,21H2,1-7H3,(H,48,54)(H,50,53)(H3,43,46,51)(H2,47,49,55)/t27-,31-,32-,34-/m0/s1. The number of nitrogens with two attached hydrogens (primary N) is 1. The fraction of sp³-hybridized carbons (Fsp3) is 0.390. The minimum absolute atomic E-state index is 0.000639. The number of pyridine rings is 1. The number of aromatic nitrogens is 2. The number of nitrogens with zero attached hydrogens (tertiary/aromatic N) is 3. The van der Waals surface area contributed by atoms with Crippen molar-refractivity contribution in [2.75, 3.05) is 13.7 Å². The molecule has 7 N–H and O–H groups in total. The summed E-state index contributed by atoms with van der Waals surface area (Å²) in [5.74, 6) is -2.47. The Morgan fingerprint density at radius 1 is 0.933 bits per heavy atom. The second-order valence-electron chi connectivity index (χ2n) is 14.5. The summed E-state index contributed by atoms with van der Waals surface area (Å²) in [4.78, 5) is 67.0. The lowest BCUT2D eigenvalue weighted by atomic mass is 10.00. The van der Waals surface area contributed by atoms with E-state index in [1.54, 1.807) is 89.6 Å². The number of Topliss-reactive ketones (excluding diaryl/α,β-unsaturated/α-hetero) is 1. The van der Waals surface area contributed by atoms with Crippen molar-refractivity contribution >= 4 is 50.9 Å². The van der Waals surface area contributed by atoms with Gasteiger partial charge in [-0.15, -0.1) is 11.3 Å². The molecule has 60 heavy (non-hydrogen) atoms. The maximum absolute atomic E-state index is 13.9. The van der Waals surface area contributed by atoms with Gasteiger partial charge >= 0.3 is 6.03 Å². The molecule has 0 aliphatic rings. The van der Waals surface area contributed by atoms with Crippen molar-refractivity contribution < 1.29 is 36.7 Å². The number of hydrogen-bond acceptors (Lipinski definition) is 11. The lowest BCUT2D eigenvalue weighted by Gasteiger charge is -2.27. The van der Waals surface area contributed by atoms with Crippen molar-refractivity contribution in [2.24, 2.45) is 16.6 Å². The number of guanidine groups is 1. The number of urea groups is 1. The highest BCUT2D eigenvalue weighted by Gasteiger charge is 2.33. The number of carbonyl (C=O) groups is 4. The number of sulfonamides is 1. The molecule has 0 spiro atoms. The van der Waals surface area contributed by atoms with Crippen LogP contribution in [0.2, 0.25) is 0 Å². The minimum atomic E-state index is -4.11. The highest BCUT2D eigenvalue weighted by molar-refractivity contribution is 7.90. The fourth-order valence-corrected chi connectivity index (χ4v) is 8.48. The van der Waals surface area contributed by atoms with Crippen LogP contribution in [0.1, 0.15) is 77.3 Å². The highest BCUT2D eigenvalue weighted by atomic mass is 32.2. The zero-order valence-corrected chi connectivity index (χ0v) is 36.2. The van der Waals surface area contributed by atoms with Crippen LogP contribution in [-0.4, -0.2) is 79.8 Å².